The molecule has 0 bridgehead atoms. The zero-order chi connectivity index (χ0) is 15.4. The number of hydrogen-bond acceptors (Lipinski definition) is 3. The van der Waals surface area contributed by atoms with Crippen molar-refractivity contribution in [2.24, 2.45) is 0 Å². The Morgan fingerprint density at radius 2 is 1.95 bits per heavy atom. The molecule has 0 spiro atoms. The van der Waals surface area contributed by atoms with Crippen molar-refractivity contribution in [2.75, 3.05) is 6.54 Å². The fourth-order valence-electron chi connectivity index (χ4n) is 2.42. The van der Waals surface area contributed by atoms with E-state index in [4.69, 9.17) is 0 Å². The Morgan fingerprint density at radius 3 is 2.52 bits per heavy atom. The molecule has 1 aromatic carbocycles. The molecule has 1 unspecified atom stereocenters. The quantitative estimate of drug-likeness (QED) is 0.837. The molecule has 0 amide bonds. The molecular formula is C16H19F2NOS. The summed E-state index contributed by atoms with van der Waals surface area (Å²) in [5, 5.41) is 3.37. The van der Waals surface area contributed by atoms with Gasteiger partial charge in [-0.05, 0) is 38.1 Å². The number of aryl methyl sites for hydroxylation is 2. The lowest BCUT2D eigenvalue weighted by molar-refractivity contribution is -0.0506. The summed E-state index contributed by atoms with van der Waals surface area (Å²) in [6.07, 6.45) is 0. The largest absolute Gasteiger partial charge is 0.434 e. The van der Waals surface area contributed by atoms with Gasteiger partial charge in [-0.25, -0.2) is 0 Å². The van der Waals surface area contributed by atoms with E-state index in [1.54, 1.807) is 23.5 Å². The van der Waals surface area contributed by atoms with E-state index in [2.05, 4.69) is 16.1 Å². The van der Waals surface area contributed by atoms with Crippen LogP contribution in [0.4, 0.5) is 8.78 Å². The van der Waals surface area contributed by atoms with Crippen LogP contribution in [-0.4, -0.2) is 13.2 Å². The zero-order valence-corrected chi connectivity index (χ0v) is 13.1. The number of nitrogens with one attached hydrogen (secondary N) is 1. The van der Waals surface area contributed by atoms with Gasteiger partial charge in [-0.1, -0.05) is 25.1 Å². The third-order valence-electron chi connectivity index (χ3n) is 3.20. The molecule has 0 aliphatic rings. The van der Waals surface area contributed by atoms with E-state index < -0.39 is 6.61 Å². The number of rotatable bonds is 6. The summed E-state index contributed by atoms with van der Waals surface area (Å²) in [6.45, 7) is 4.01. The molecule has 0 fully saturated rings. The van der Waals surface area contributed by atoms with Gasteiger partial charge in [0.15, 0.2) is 0 Å². The number of benzene rings is 1. The van der Waals surface area contributed by atoms with Crippen molar-refractivity contribution < 1.29 is 13.5 Å². The van der Waals surface area contributed by atoms with E-state index >= 15 is 0 Å². The number of alkyl halides is 2. The first kappa shape index (κ1) is 15.9. The molecule has 0 radical (unpaired) electrons. The number of ether oxygens (including phenoxy) is 1. The SMILES string of the molecule is CCNC(c1ccccc1OC(F)F)c1sc(C)cc1C. The lowest BCUT2D eigenvalue weighted by atomic mass is 10.0. The molecular weight excluding hydrogens is 292 g/mol. The zero-order valence-electron chi connectivity index (χ0n) is 12.3. The maximum Gasteiger partial charge on any atom is 0.387 e. The molecule has 0 saturated carbocycles. The first-order valence-corrected chi connectivity index (χ1v) is 7.68. The average Bonchev–Trinajstić information content (AvgIpc) is 2.75. The predicted octanol–water partition coefficient (Wildman–Crippen LogP) is 4.67. The Balaban J connectivity index is 2.45. The summed E-state index contributed by atoms with van der Waals surface area (Å²) >= 11 is 1.68. The molecule has 0 aliphatic heterocycles. The molecule has 0 aliphatic carbocycles. The van der Waals surface area contributed by atoms with Crippen LogP contribution in [0.25, 0.3) is 0 Å². The van der Waals surface area contributed by atoms with E-state index in [9.17, 15) is 8.78 Å². The summed E-state index contributed by atoms with van der Waals surface area (Å²) in [7, 11) is 0. The Labute approximate surface area is 127 Å². The first-order chi connectivity index (χ1) is 10.0. The van der Waals surface area contributed by atoms with Gasteiger partial charge in [-0.2, -0.15) is 8.78 Å². The van der Waals surface area contributed by atoms with Gasteiger partial charge < -0.3 is 10.1 Å². The predicted molar refractivity (Wildman–Crippen MR) is 82.4 cm³/mol. The minimum atomic E-state index is -2.82. The minimum Gasteiger partial charge on any atom is -0.434 e. The highest BCUT2D eigenvalue weighted by Gasteiger charge is 2.22. The molecule has 1 aromatic heterocycles. The highest BCUT2D eigenvalue weighted by molar-refractivity contribution is 7.12. The van der Waals surface area contributed by atoms with Crippen molar-refractivity contribution >= 4 is 11.3 Å². The van der Waals surface area contributed by atoms with Crippen molar-refractivity contribution in [1.29, 1.82) is 0 Å². The fourth-order valence-corrected chi connectivity index (χ4v) is 3.55. The van der Waals surface area contributed by atoms with E-state index in [-0.39, 0.29) is 11.8 Å². The molecule has 1 atom stereocenters. The second-order valence-corrected chi connectivity index (χ2v) is 6.10. The maximum absolute atomic E-state index is 12.6. The van der Waals surface area contributed by atoms with Crippen LogP contribution in [0.15, 0.2) is 30.3 Å². The van der Waals surface area contributed by atoms with Gasteiger partial charge in [0.2, 0.25) is 0 Å². The highest BCUT2D eigenvalue weighted by Crippen LogP contribution is 2.36. The highest BCUT2D eigenvalue weighted by atomic mass is 32.1. The smallest absolute Gasteiger partial charge is 0.387 e. The van der Waals surface area contributed by atoms with Crippen LogP contribution < -0.4 is 10.1 Å². The molecule has 21 heavy (non-hydrogen) atoms. The van der Waals surface area contributed by atoms with Gasteiger partial charge in [0.25, 0.3) is 0 Å². The Morgan fingerprint density at radius 1 is 1.24 bits per heavy atom. The normalized spacial score (nSPS) is 12.7. The van der Waals surface area contributed by atoms with Crippen LogP contribution in [0.2, 0.25) is 0 Å². The second-order valence-electron chi connectivity index (χ2n) is 4.81. The van der Waals surface area contributed by atoms with Crippen molar-refractivity contribution in [1.82, 2.24) is 5.32 Å². The summed E-state index contributed by atoms with van der Waals surface area (Å²) in [6, 6.07) is 8.94. The standard InChI is InChI=1S/C16H19F2NOS/c1-4-19-14(15-10(2)9-11(3)21-15)12-7-5-6-8-13(12)20-16(17)18/h5-9,14,16,19H,4H2,1-3H3. The lowest BCUT2D eigenvalue weighted by Crippen LogP contribution is -2.22. The van der Waals surface area contributed by atoms with Crippen LogP contribution in [0.3, 0.4) is 0 Å². The monoisotopic (exact) mass is 311 g/mol. The van der Waals surface area contributed by atoms with Gasteiger partial charge in [-0.3, -0.25) is 0 Å². The molecule has 2 rings (SSSR count). The number of thiophene rings is 1. The lowest BCUT2D eigenvalue weighted by Gasteiger charge is -2.21. The van der Waals surface area contributed by atoms with Crippen molar-refractivity contribution in [3.8, 4) is 5.75 Å². The fraction of sp³-hybridized carbons (Fsp3) is 0.375. The maximum atomic E-state index is 12.6. The third-order valence-corrected chi connectivity index (χ3v) is 4.41. The van der Waals surface area contributed by atoms with Gasteiger partial charge in [0, 0.05) is 15.3 Å². The summed E-state index contributed by atoms with van der Waals surface area (Å²) in [5.41, 5.74) is 1.90. The van der Waals surface area contributed by atoms with Crippen LogP contribution >= 0.6 is 11.3 Å². The molecule has 114 valence electrons. The Hall–Kier alpha value is -1.46. The topological polar surface area (TPSA) is 21.3 Å². The molecule has 2 nitrogen and oxygen atoms in total. The van der Waals surface area contributed by atoms with E-state index in [1.807, 2.05) is 32.9 Å². The Kier molecular flexibility index (Phi) is 5.31. The Bertz CT molecular complexity index is 598. The van der Waals surface area contributed by atoms with Gasteiger partial charge in [-0.15, -0.1) is 11.3 Å². The molecule has 2 aromatic rings. The van der Waals surface area contributed by atoms with Crippen LogP contribution in [0.1, 0.15) is 33.8 Å². The molecule has 5 heteroatoms. The number of hydrogen-bond donors (Lipinski definition) is 1. The van der Waals surface area contributed by atoms with Crippen molar-refractivity contribution in [3.63, 3.8) is 0 Å². The second kappa shape index (κ2) is 7.00. The van der Waals surface area contributed by atoms with Crippen LogP contribution in [0, 0.1) is 13.8 Å². The minimum absolute atomic E-state index is 0.136. The van der Waals surface area contributed by atoms with Crippen molar-refractivity contribution in [3.05, 3.63) is 51.2 Å². The molecule has 1 heterocycles. The average molecular weight is 311 g/mol. The van der Waals surface area contributed by atoms with E-state index in [0.717, 1.165) is 22.5 Å². The molecule has 1 N–H and O–H groups in total. The first-order valence-electron chi connectivity index (χ1n) is 6.87. The van der Waals surface area contributed by atoms with Gasteiger partial charge in [0.05, 0.1) is 6.04 Å². The van der Waals surface area contributed by atoms with Crippen LogP contribution in [-0.2, 0) is 0 Å². The molecule has 0 saturated heterocycles. The van der Waals surface area contributed by atoms with E-state index in [0.29, 0.717) is 0 Å². The van der Waals surface area contributed by atoms with Gasteiger partial charge in [0.1, 0.15) is 5.75 Å². The van der Waals surface area contributed by atoms with Gasteiger partial charge >= 0.3 is 6.61 Å². The van der Waals surface area contributed by atoms with Crippen molar-refractivity contribution in [2.45, 2.75) is 33.4 Å². The summed E-state index contributed by atoms with van der Waals surface area (Å²) in [4.78, 5) is 2.34. The number of halogens is 2. The van der Waals surface area contributed by atoms with Crippen LogP contribution in [0.5, 0.6) is 5.75 Å². The third kappa shape index (κ3) is 3.80. The van der Waals surface area contributed by atoms with E-state index in [1.165, 1.54) is 4.88 Å². The number of para-hydroxylation sites is 1. The summed E-state index contributed by atoms with van der Waals surface area (Å²) < 4.78 is 29.9. The summed E-state index contributed by atoms with van der Waals surface area (Å²) in [5.74, 6) is 0.226.